The zero-order valence-corrected chi connectivity index (χ0v) is 17.8. The van der Waals surface area contributed by atoms with E-state index >= 15 is 0 Å². The van der Waals surface area contributed by atoms with Crippen LogP contribution < -0.4 is 5.32 Å². The summed E-state index contributed by atoms with van der Waals surface area (Å²) in [5.74, 6) is -1.50. The molecule has 1 spiro atoms. The summed E-state index contributed by atoms with van der Waals surface area (Å²) < 4.78 is 5.05. The van der Waals surface area contributed by atoms with Crippen molar-refractivity contribution in [3.8, 4) is 0 Å². The van der Waals surface area contributed by atoms with Gasteiger partial charge in [-0.05, 0) is 36.8 Å². The molecule has 1 aromatic rings. The Morgan fingerprint density at radius 1 is 1.27 bits per heavy atom. The topological polar surface area (TPSA) is 96.0 Å². The van der Waals surface area contributed by atoms with Gasteiger partial charge in [0, 0.05) is 13.6 Å². The van der Waals surface area contributed by atoms with Gasteiger partial charge in [0.15, 0.2) is 6.61 Å². The summed E-state index contributed by atoms with van der Waals surface area (Å²) in [5.41, 5.74) is 1.16. The van der Waals surface area contributed by atoms with Crippen molar-refractivity contribution in [3.05, 3.63) is 35.4 Å². The number of aryl methyl sites for hydroxylation is 1. The molecule has 1 aromatic carbocycles. The third-order valence-electron chi connectivity index (χ3n) is 6.24. The number of likely N-dealkylation sites (N-methyl/N-ethyl adjacent to an activating group) is 1. The number of carbonyl (C=O) groups is 4. The minimum Gasteiger partial charge on any atom is -0.454 e. The van der Waals surface area contributed by atoms with E-state index in [9.17, 15) is 19.2 Å². The lowest BCUT2D eigenvalue weighted by Gasteiger charge is -2.36. The second kappa shape index (κ2) is 8.85. The molecule has 162 valence electrons. The van der Waals surface area contributed by atoms with Gasteiger partial charge in [0.05, 0.1) is 0 Å². The highest BCUT2D eigenvalue weighted by Gasteiger charge is 2.55. The maximum absolute atomic E-state index is 12.9. The van der Waals surface area contributed by atoms with E-state index in [1.165, 1.54) is 4.90 Å². The average molecular weight is 415 g/mol. The van der Waals surface area contributed by atoms with Gasteiger partial charge in [-0.1, -0.05) is 44.0 Å². The smallest absolute Gasteiger partial charge is 0.326 e. The fraction of sp³-hybridized carbons (Fsp3) is 0.545. The predicted molar refractivity (Wildman–Crippen MR) is 109 cm³/mol. The first-order valence-electron chi connectivity index (χ1n) is 10.3. The number of nitrogens with zero attached hydrogens (tertiary/aromatic N) is 2. The van der Waals surface area contributed by atoms with Crippen LogP contribution in [0.3, 0.4) is 0 Å². The van der Waals surface area contributed by atoms with E-state index in [2.05, 4.69) is 5.32 Å². The molecule has 2 atom stereocenters. The van der Waals surface area contributed by atoms with Crippen molar-refractivity contribution >= 4 is 23.8 Å². The molecule has 1 aliphatic carbocycles. The molecule has 2 aliphatic rings. The van der Waals surface area contributed by atoms with Gasteiger partial charge in [0.25, 0.3) is 11.8 Å². The van der Waals surface area contributed by atoms with Crippen molar-refractivity contribution in [2.75, 3.05) is 20.2 Å². The Bertz CT molecular complexity index is 855. The summed E-state index contributed by atoms with van der Waals surface area (Å²) in [4.78, 5) is 52.1. The number of esters is 1. The molecule has 0 radical (unpaired) electrons. The molecule has 4 amide bonds. The van der Waals surface area contributed by atoms with E-state index in [0.717, 1.165) is 35.3 Å². The summed E-state index contributed by atoms with van der Waals surface area (Å²) in [6, 6.07) is 7.15. The fourth-order valence-corrected chi connectivity index (χ4v) is 4.20. The van der Waals surface area contributed by atoms with Crippen molar-refractivity contribution in [1.29, 1.82) is 0 Å². The Balaban J connectivity index is 1.52. The molecule has 8 nitrogen and oxygen atoms in total. The fourth-order valence-electron chi connectivity index (χ4n) is 4.20. The first-order valence-corrected chi connectivity index (χ1v) is 10.3. The van der Waals surface area contributed by atoms with Crippen LogP contribution in [0.15, 0.2) is 24.3 Å². The molecule has 1 aliphatic heterocycles. The lowest BCUT2D eigenvalue weighted by atomic mass is 9.73. The number of nitrogens with one attached hydrogen (secondary N) is 1. The first kappa shape index (κ1) is 21.8. The maximum atomic E-state index is 12.9. The van der Waals surface area contributed by atoms with Crippen molar-refractivity contribution < 1.29 is 23.9 Å². The van der Waals surface area contributed by atoms with E-state index in [4.69, 9.17) is 4.74 Å². The molecule has 1 N–H and O–H groups in total. The van der Waals surface area contributed by atoms with Gasteiger partial charge in [0.1, 0.15) is 12.1 Å². The second-order valence-electron chi connectivity index (χ2n) is 8.28. The van der Waals surface area contributed by atoms with Crippen molar-refractivity contribution in [3.63, 3.8) is 0 Å². The standard InChI is InChI=1S/C22H29N3O5/c1-15-8-4-5-10-17(15)12-24(3)18(26)14-30-19(27)13-25-20(28)22(23-21(25)29)11-7-6-9-16(22)2/h4-5,8,10,16H,6-7,9,11-14H2,1-3H3,(H,23,29)/t16-,22-/m1/s1. The molecular formula is C22H29N3O5. The third-order valence-corrected chi connectivity index (χ3v) is 6.24. The lowest BCUT2D eigenvalue weighted by Crippen LogP contribution is -2.54. The van der Waals surface area contributed by atoms with Gasteiger partial charge >= 0.3 is 12.0 Å². The molecular weight excluding hydrogens is 386 g/mol. The number of rotatable bonds is 6. The van der Waals surface area contributed by atoms with Gasteiger partial charge in [0.2, 0.25) is 0 Å². The van der Waals surface area contributed by atoms with Crippen LogP contribution in [0.25, 0.3) is 0 Å². The number of ether oxygens (including phenoxy) is 1. The molecule has 3 rings (SSSR count). The van der Waals surface area contributed by atoms with Crippen molar-refractivity contribution in [2.45, 2.75) is 51.6 Å². The average Bonchev–Trinajstić information content (AvgIpc) is 2.95. The van der Waals surface area contributed by atoms with Crippen LogP contribution in [-0.4, -0.2) is 59.4 Å². The number of hydrogen-bond acceptors (Lipinski definition) is 5. The Labute approximate surface area is 176 Å². The number of benzene rings is 1. The van der Waals surface area contributed by atoms with Crippen LogP contribution in [0.1, 0.15) is 43.7 Å². The minimum absolute atomic E-state index is 0.0143. The van der Waals surface area contributed by atoms with Crippen LogP contribution in [0, 0.1) is 12.8 Å². The highest BCUT2D eigenvalue weighted by molar-refractivity contribution is 6.09. The maximum Gasteiger partial charge on any atom is 0.326 e. The Kier molecular flexibility index (Phi) is 6.43. The summed E-state index contributed by atoms with van der Waals surface area (Å²) in [7, 11) is 1.63. The molecule has 0 aromatic heterocycles. The van der Waals surface area contributed by atoms with Gasteiger partial charge in [-0.3, -0.25) is 19.3 Å². The molecule has 0 bridgehead atoms. The summed E-state index contributed by atoms with van der Waals surface area (Å²) in [6.45, 7) is 3.38. The number of hydrogen-bond donors (Lipinski definition) is 1. The normalized spacial score (nSPS) is 23.4. The summed E-state index contributed by atoms with van der Waals surface area (Å²) in [6.07, 6.45) is 3.31. The largest absolute Gasteiger partial charge is 0.454 e. The van der Waals surface area contributed by atoms with Crippen LogP contribution in [0.4, 0.5) is 4.79 Å². The lowest BCUT2D eigenvalue weighted by molar-refractivity contribution is -0.153. The minimum atomic E-state index is -0.917. The molecule has 1 saturated heterocycles. The van der Waals surface area contributed by atoms with E-state index in [-0.39, 0.29) is 17.7 Å². The summed E-state index contributed by atoms with van der Waals surface area (Å²) >= 11 is 0. The Hall–Kier alpha value is -2.90. The van der Waals surface area contributed by atoms with Gasteiger partial charge in [-0.2, -0.15) is 0 Å². The van der Waals surface area contributed by atoms with E-state index in [0.29, 0.717) is 13.0 Å². The van der Waals surface area contributed by atoms with Crippen LogP contribution in [0.5, 0.6) is 0 Å². The zero-order valence-electron chi connectivity index (χ0n) is 17.8. The molecule has 30 heavy (non-hydrogen) atoms. The third kappa shape index (κ3) is 4.32. The Morgan fingerprint density at radius 3 is 2.70 bits per heavy atom. The number of amides is 4. The van der Waals surface area contributed by atoms with E-state index < -0.39 is 30.7 Å². The molecule has 1 saturated carbocycles. The van der Waals surface area contributed by atoms with Crippen LogP contribution >= 0.6 is 0 Å². The second-order valence-corrected chi connectivity index (χ2v) is 8.28. The van der Waals surface area contributed by atoms with Crippen molar-refractivity contribution in [2.24, 2.45) is 5.92 Å². The zero-order chi connectivity index (χ0) is 21.9. The van der Waals surface area contributed by atoms with E-state index in [1.807, 2.05) is 38.1 Å². The van der Waals surface area contributed by atoms with Crippen molar-refractivity contribution in [1.82, 2.24) is 15.1 Å². The number of carbonyl (C=O) groups excluding carboxylic acids is 4. The monoisotopic (exact) mass is 415 g/mol. The first-order chi connectivity index (χ1) is 14.2. The number of imide groups is 1. The highest BCUT2D eigenvalue weighted by atomic mass is 16.5. The van der Waals surface area contributed by atoms with Crippen LogP contribution in [0.2, 0.25) is 0 Å². The molecule has 8 heteroatoms. The predicted octanol–water partition coefficient (Wildman–Crippen LogP) is 2.00. The molecule has 1 heterocycles. The Morgan fingerprint density at radius 2 is 2.00 bits per heavy atom. The van der Waals surface area contributed by atoms with Crippen LogP contribution in [-0.2, 0) is 25.7 Å². The van der Waals surface area contributed by atoms with Gasteiger partial charge in [-0.25, -0.2) is 4.79 Å². The molecule has 0 unspecified atom stereocenters. The number of urea groups is 1. The summed E-state index contributed by atoms with van der Waals surface area (Å²) in [5, 5.41) is 2.79. The van der Waals surface area contributed by atoms with Gasteiger partial charge < -0.3 is 15.0 Å². The van der Waals surface area contributed by atoms with E-state index in [1.54, 1.807) is 7.05 Å². The SMILES string of the molecule is Cc1ccccc1CN(C)C(=O)COC(=O)CN1C(=O)N[C@@]2(CCCC[C@H]2C)C1=O. The quantitative estimate of drug-likeness (QED) is 0.566. The highest BCUT2D eigenvalue weighted by Crippen LogP contribution is 2.38. The molecule has 2 fully saturated rings. The van der Waals surface area contributed by atoms with Gasteiger partial charge in [-0.15, -0.1) is 0 Å².